The van der Waals surface area contributed by atoms with E-state index in [1.807, 2.05) is 0 Å². The maximum absolute atomic E-state index is 12.2. The second-order valence-electron chi connectivity index (χ2n) is 3.75. The summed E-state index contributed by atoms with van der Waals surface area (Å²) in [6.07, 6.45) is -6.25. The number of nitrogens with zero attached hydrogens (tertiary/aromatic N) is 1. The fourth-order valence-electron chi connectivity index (χ4n) is 1.28. The maximum Gasteiger partial charge on any atom is 0.418 e. The highest BCUT2D eigenvalue weighted by molar-refractivity contribution is 5.15. The van der Waals surface area contributed by atoms with Gasteiger partial charge in [-0.3, -0.25) is 4.79 Å². The first-order chi connectivity index (χ1) is 7.23. The summed E-state index contributed by atoms with van der Waals surface area (Å²) in [5.41, 5.74) is -0.728. The first-order valence-corrected chi connectivity index (χ1v) is 4.70. The lowest BCUT2D eigenvalue weighted by molar-refractivity contribution is -0.206. The fraction of sp³-hybridized carbons (Fsp3) is 0.500. The lowest BCUT2D eigenvalue weighted by Crippen LogP contribution is -2.25. The Morgan fingerprint density at radius 1 is 1.31 bits per heavy atom. The fourth-order valence-corrected chi connectivity index (χ4v) is 1.28. The molecule has 0 saturated heterocycles. The molecule has 0 aliphatic carbocycles. The molecule has 6 heteroatoms. The summed E-state index contributed by atoms with van der Waals surface area (Å²) < 4.78 is 37.8. The monoisotopic (exact) mass is 235 g/mol. The van der Waals surface area contributed by atoms with Crippen LogP contribution in [0.5, 0.6) is 0 Å². The van der Waals surface area contributed by atoms with Gasteiger partial charge in [0, 0.05) is 23.9 Å². The average molecular weight is 235 g/mol. The number of aliphatic hydroxyl groups is 1. The molecule has 0 aliphatic rings. The van der Waals surface area contributed by atoms with E-state index in [0.717, 1.165) is 22.9 Å². The minimum absolute atomic E-state index is 0.257. The van der Waals surface area contributed by atoms with Crippen molar-refractivity contribution in [3.05, 3.63) is 34.2 Å². The molecule has 0 radical (unpaired) electrons. The van der Waals surface area contributed by atoms with Crippen LogP contribution in [0.4, 0.5) is 13.2 Å². The molecular formula is C10H12F3NO2. The zero-order valence-electron chi connectivity index (χ0n) is 8.82. The molecule has 0 aromatic carbocycles. The van der Waals surface area contributed by atoms with Crippen LogP contribution in [0.15, 0.2) is 23.1 Å². The number of halogens is 3. The van der Waals surface area contributed by atoms with Gasteiger partial charge in [0.05, 0.1) is 0 Å². The van der Waals surface area contributed by atoms with E-state index < -0.39 is 17.8 Å². The first kappa shape index (κ1) is 12.8. The predicted molar refractivity (Wildman–Crippen MR) is 52.1 cm³/mol. The van der Waals surface area contributed by atoms with E-state index in [9.17, 15) is 18.0 Å². The van der Waals surface area contributed by atoms with Crippen molar-refractivity contribution in [2.75, 3.05) is 0 Å². The minimum Gasteiger partial charge on any atom is -0.379 e. The van der Waals surface area contributed by atoms with Gasteiger partial charge < -0.3 is 9.67 Å². The van der Waals surface area contributed by atoms with Gasteiger partial charge in [-0.25, -0.2) is 0 Å². The normalized spacial score (nSPS) is 14.2. The summed E-state index contributed by atoms with van der Waals surface area (Å²) >= 11 is 0. The Hall–Kier alpha value is -1.30. The molecule has 0 saturated carbocycles. The van der Waals surface area contributed by atoms with Crippen molar-refractivity contribution in [1.82, 2.24) is 4.57 Å². The van der Waals surface area contributed by atoms with Gasteiger partial charge in [-0.15, -0.1) is 0 Å². The summed E-state index contributed by atoms with van der Waals surface area (Å²) in [5.74, 6) is 0. The molecule has 1 heterocycles. The Balaban J connectivity index is 3.18. The molecule has 0 aliphatic heterocycles. The van der Waals surface area contributed by atoms with Gasteiger partial charge in [-0.2, -0.15) is 13.2 Å². The molecule has 1 unspecified atom stereocenters. The Morgan fingerprint density at radius 2 is 1.88 bits per heavy atom. The van der Waals surface area contributed by atoms with Crippen molar-refractivity contribution in [1.29, 1.82) is 0 Å². The van der Waals surface area contributed by atoms with Crippen molar-refractivity contribution < 1.29 is 18.3 Å². The molecule has 90 valence electrons. The van der Waals surface area contributed by atoms with E-state index in [1.165, 1.54) is 0 Å². The summed E-state index contributed by atoms with van der Waals surface area (Å²) in [6.45, 7) is 3.34. The molecule has 1 rings (SSSR count). The third-order valence-electron chi connectivity index (χ3n) is 2.14. The number of hydrogen-bond acceptors (Lipinski definition) is 2. The largest absolute Gasteiger partial charge is 0.418 e. The second-order valence-corrected chi connectivity index (χ2v) is 3.75. The second kappa shape index (κ2) is 4.29. The van der Waals surface area contributed by atoms with Crippen LogP contribution >= 0.6 is 0 Å². The molecule has 1 atom stereocenters. The Kier molecular flexibility index (Phi) is 3.42. The zero-order valence-corrected chi connectivity index (χ0v) is 8.82. The molecule has 0 amide bonds. The smallest absolute Gasteiger partial charge is 0.379 e. The molecule has 0 fully saturated rings. The Bertz CT molecular complexity index is 423. The molecule has 0 bridgehead atoms. The van der Waals surface area contributed by atoms with E-state index in [2.05, 4.69) is 0 Å². The lowest BCUT2D eigenvalue weighted by Gasteiger charge is -2.17. The molecule has 1 aromatic heterocycles. The third kappa shape index (κ3) is 2.63. The van der Waals surface area contributed by atoms with Gasteiger partial charge in [-0.1, -0.05) is 0 Å². The van der Waals surface area contributed by atoms with E-state index in [-0.39, 0.29) is 11.6 Å². The number of hydrogen-bond donors (Lipinski definition) is 1. The molecule has 3 nitrogen and oxygen atoms in total. The van der Waals surface area contributed by atoms with E-state index in [4.69, 9.17) is 5.11 Å². The molecular weight excluding hydrogens is 223 g/mol. The zero-order chi connectivity index (χ0) is 12.5. The van der Waals surface area contributed by atoms with Crippen LogP contribution in [0.1, 0.15) is 31.6 Å². The van der Waals surface area contributed by atoms with Crippen LogP contribution in [-0.2, 0) is 0 Å². The van der Waals surface area contributed by atoms with Gasteiger partial charge >= 0.3 is 6.18 Å². The minimum atomic E-state index is -4.72. The summed E-state index contributed by atoms with van der Waals surface area (Å²) in [7, 11) is 0. The maximum atomic E-state index is 12.2. The van der Waals surface area contributed by atoms with E-state index in [1.54, 1.807) is 13.8 Å². The standard InChI is InChI=1S/C10H12F3NO2/c1-6(2)14-5-7(3-4-8(14)15)9(16)10(11,12)13/h3-6,9,16H,1-2H3. The molecule has 16 heavy (non-hydrogen) atoms. The van der Waals surface area contributed by atoms with Gasteiger partial charge in [0.25, 0.3) is 5.56 Å². The number of rotatable bonds is 2. The molecule has 1 N–H and O–H groups in total. The Labute approximate surface area is 90.1 Å². The SMILES string of the molecule is CC(C)n1cc(C(O)C(F)(F)F)ccc1=O. The quantitative estimate of drug-likeness (QED) is 0.852. The van der Waals surface area contributed by atoms with E-state index in [0.29, 0.717) is 0 Å². The summed E-state index contributed by atoms with van der Waals surface area (Å²) in [6, 6.07) is 1.75. The average Bonchev–Trinajstić information content (AvgIpc) is 2.15. The molecule has 0 spiro atoms. The van der Waals surface area contributed by atoms with Crippen LogP contribution in [0.3, 0.4) is 0 Å². The Morgan fingerprint density at radius 3 is 2.31 bits per heavy atom. The van der Waals surface area contributed by atoms with Crippen LogP contribution in [0.25, 0.3) is 0 Å². The summed E-state index contributed by atoms with van der Waals surface area (Å²) in [4.78, 5) is 11.3. The van der Waals surface area contributed by atoms with Gasteiger partial charge in [0.2, 0.25) is 0 Å². The van der Waals surface area contributed by atoms with Crippen molar-refractivity contribution >= 4 is 0 Å². The van der Waals surface area contributed by atoms with Crippen molar-refractivity contribution in [3.63, 3.8) is 0 Å². The topological polar surface area (TPSA) is 42.2 Å². The van der Waals surface area contributed by atoms with Crippen molar-refractivity contribution in [2.45, 2.75) is 32.2 Å². The number of alkyl halides is 3. The van der Waals surface area contributed by atoms with Gasteiger partial charge in [0.15, 0.2) is 6.10 Å². The predicted octanol–water partition coefficient (Wildman–Crippen LogP) is 2.02. The highest BCUT2D eigenvalue weighted by atomic mass is 19.4. The van der Waals surface area contributed by atoms with Crippen LogP contribution < -0.4 is 5.56 Å². The van der Waals surface area contributed by atoms with Gasteiger partial charge in [-0.05, 0) is 19.9 Å². The van der Waals surface area contributed by atoms with Crippen LogP contribution in [0.2, 0.25) is 0 Å². The summed E-state index contributed by atoms with van der Waals surface area (Å²) in [5, 5.41) is 9.01. The van der Waals surface area contributed by atoms with Crippen LogP contribution in [-0.4, -0.2) is 15.8 Å². The number of pyridine rings is 1. The van der Waals surface area contributed by atoms with Crippen LogP contribution in [0, 0.1) is 0 Å². The number of aromatic nitrogens is 1. The first-order valence-electron chi connectivity index (χ1n) is 4.70. The highest BCUT2D eigenvalue weighted by Crippen LogP contribution is 2.31. The lowest BCUT2D eigenvalue weighted by atomic mass is 10.1. The number of aliphatic hydroxyl groups excluding tert-OH is 1. The van der Waals surface area contributed by atoms with E-state index >= 15 is 0 Å². The van der Waals surface area contributed by atoms with Crippen molar-refractivity contribution in [2.24, 2.45) is 0 Å². The third-order valence-corrected chi connectivity index (χ3v) is 2.14. The molecule has 1 aromatic rings. The van der Waals surface area contributed by atoms with Crippen molar-refractivity contribution in [3.8, 4) is 0 Å². The van der Waals surface area contributed by atoms with Gasteiger partial charge in [0.1, 0.15) is 0 Å². The highest BCUT2D eigenvalue weighted by Gasteiger charge is 2.39.